The van der Waals surface area contributed by atoms with Gasteiger partial charge in [0.1, 0.15) is 0 Å². The minimum absolute atomic E-state index is 0.242. The summed E-state index contributed by atoms with van der Waals surface area (Å²) in [5, 5.41) is 0. The predicted octanol–water partition coefficient (Wildman–Crippen LogP) is 2.81. The number of hydrogen-bond donors (Lipinski definition) is 0. The van der Waals surface area contributed by atoms with E-state index in [9.17, 15) is 4.79 Å². The van der Waals surface area contributed by atoms with E-state index in [1.807, 2.05) is 11.8 Å². The Morgan fingerprint density at radius 2 is 2.24 bits per heavy atom. The van der Waals surface area contributed by atoms with Crippen molar-refractivity contribution in [2.45, 2.75) is 51.6 Å². The van der Waals surface area contributed by atoms with Crippen LogP contribution < -0.4 is 0 Å². The number of carbonyl (C=O) groups is 1. The molecule has 0 aromatic heterocycles. The van der Waals surface area contributed by atoms with Crippen LogP contribution in [0.2, 0.25) is 0 Å². The lowest BCUT2D eigenvalue weighted by Gasteiger charge is -2.29. The highest BCUT2D eigenvalue weighted by atomic mass is 35.5. The molecule has 3 nitrogen and oxygen atoms in total. The molecule has 1 aliphatic heterocycles. The third kappa shape index (κ3) is 5.73. The average Bonchev–Trinajstić information content (AvgIpc) is 2.37. The Morgan fingerprint density at radius 3 is 2.82 bits per heavy atom. The minimum Gasteiger partial charge on any atom is -0.376 e. The molecule has 0 saturated carbocycles. The van der Waals surface area contributed by atoms with E-state index in [1.165, 1.54) is 6.42 Å². The molecule has 1 fully saturated rings. The van der Waals surface area contributed by atoms with Crippen molar-refractivity contribution in [2.24, 2.45) is 0 Å². The van der Waals surface area contributed by atoms with Gasteiger partial charge >= 0.3 is 0 Å². The highest BCUT2D eigenvalue weighted by Crippen LogP contribution is 2.14. The first-order valence-electron chi connectivity index (χ1n) is 6.73. The molecular formula is C13H24ClNO2. The lowest BCUT2D eigenvalue weighted by atomic mass is 10.1. The fourth-order valence-electron chi connectivity index (χ4n) is 2.13. The predicted molar refractivity (Wildman–Crippen MR) is 70.4 cm³/mol. The molecule has 1 amide bonds. The Morgan fingerprint density at radius 1 is 1.41 bits per heavy atom. The smallest absolute Gasteiger partial charge is 0.222 e. The molecule has 1 atom stereocenters. The first kappa shape index (κ1) is 14.8. The van der Waals surface area contributed by atoms with Gasteiger partial charge in [-0.1, -0.05) is 0 Å². The van der Waals surface area contributed by atoms with Crippen molar-refractivity contribution in [1.29, 1.82) is 0 Å². The van der Waals surface area contributed by atoms with Gasteiger partial charge in [-0.25, -0.2) is 0 Å². The van der Waals surface area contributed by atoms with Crippen molar-refractivity contribution in [2.75, 3.05) is 25.6 Å². The van der Waals surface area contributed by atoms with E-state index in [-0.39, 0.29) is 12.0 Å². The van der Waals surface area contributed by atoms with E-state index in [2.05, 4.69) is 0 Å². The standard InChI is InChI=1S/C13H24ClNO2/c1-2-15(13(16)8-3-5-9-14)11-12-7-4-6-10-17-12/h12H,2-11H2,1H3. The first-order valence-corrected chi connectivity index (χ1v) is 7.26. The molecule has 0 N–H and O–H groups in total. The molecule has 4 heteroatoms. The van der Waals surface area contributed by atoms with Crippen molar-refractivity contribution in [3.8, 4) is 0 Å². The van der Waals surface area contributed by atoms with E-state index in [4.69, 9.17) is 16.3 Å². The quantitative estimate of drug-likeness (QED) is 0.521. The van der Waals surface area contributed by atoms with E-state index in [1.54, 1.807) is 0 Å². The summed E-state index contributed by atoms with van der Waals surface area (Å²) in [6.07, 6.45) is 6.16. The summed E-state index contributed by atoms with van der Waals surface area (Å²) >= 11 is 5.61. The molecule has 0 radical (unpaired) electrons. The topological polar surface area (TPSA) is 29.5 Å². The highest BCUT2D eigenvalue weighted by molar-refractivity contribution is 6.17. The van der Waals surface area contributed by atoms with E-state index < -0.39 is 0 Å². The number of hydrogen-bond acceptors (Lipinski definition) is 2. The van der Waals surface area contributed by atoms with Gasteiger partial charge < -0.3 is 9.64 Å². The van der Waals surface area contributed by atoms with Crippen molar-refractivity contribution in [3.05, 3.63) is 0 Å². The number of halogens is 1. The van der Waals surface area contributed by atoms with Gasteiger partial charge in [0.05, 0.1) is 6.10 Å². The average molecular weight is 262 g/mol. The summed E-state index contributed by atoms with van der Waals surface area (Å²) in [5.74, 6) is 0.886. The Balaban J connectivity index is 2.27. The highest BCUT2D eigenvalue weighted by Gasteiger charge is 2.19. The zero-order valence-corrected chi connectivity index (χ0v) is 11.5. The number of ether oxygens (including phenoxy) is 1. The van der Waals surface area contributed by atoms with Gasteiger partial charge in [0.15, 0.2) is 0 Å². The summed E-state index contributed by atoms with van der Waals surface area (Å²) in [4.78, 5) is 13.9. The van der Waals surface area contributed by atoms with Gasteiger partial charge in [0.2, 0.25) is 5.91 Å². The third-order valence-electron chi connectivity index (χ3n) is 3.21. The number of likely N-dealkylation sites (N-methyl/N-ethyl adjacent to an activating group) is 1. The summed E-state index contributed by atoms with van der Waals surface area (Å²) in [5.41, 5.74) is 0. The lowest BCUT2D eigenvalue weighted by Crippen LogP contribution is -2.39. The molecule has 1 rings (SSSR count). The van der Waals surface area contributed by atoms with Crippen LogP contribution in [0.15, 0.2) is 0 Å². The maximum absolute atomic E-state index is 12.0. The first-order chi connectivity index (χ1) is 8.27. The molecular weight excluding hydrogens is 238 g/mol. The van der Waals surface area contributed by atoms with E-state index in [0.717, 1.165) is 45.4 Å². The van der Waals surface area contributed by atoms with Crippen molar-refractivity contribution >= 4 is 17.5 Å². The van der Waals surface area contributed by atoms with E-state index >= 15 is 0 Å². The van der Waals surface area contributed by atoms with Crippen molar-refractivity contribution < 1.29 is 9.53 Å². The molecule has 1 aliphatic rings. The third-order valence-corrected chi connectivity index (χ3v) is 3.47. The van der Waals surface area contributed by atoms with Crippen LogP contribution in [-0.4, -0.2) is 42.5 Å². The maximum atomic E-state index is 12.0. The second-order valence-corrected chi connectivity index (χ2v) is 4.95. The molecule has 0 aromatic rings. The maximum Gasteiger partial charge on any atom is 0.222 e. The Labute approximate surface area is 109 Å². The fraction of sp³-hybridized carbons (Fsp3) is 0.923. The van der Waals surface area contributed by atoms with Crippen LogP contribution in [0.5, 0.6) is 0 Å². The summed E-state index contributed by atoms with van der Waals surface area (Å²) in [7, 11) is 0. The van der Waals surface area contributed by atoms with Crippen LogP contribution in [0, 0.1) is 0 Å². The number of amides is 1. The lowest BCUT2D eigenvalue weighted by molar-refractivity contribution is -0.133. The van der Waals surface area contributed by atoms with Gasteiger partial charge in [-0.2, -0.15) is 0 Å². The number of alkyl halides is 1. The molecule has 0 aliphatic carbocycles. The van der Waals surface area contributed by atoms with Crippen LogP contribution in [0.4, 0.5) is 0 Å². The van der Waals surface area contributed by atoms with Crippen LogP contribution in [0.3, 0.4) is 0 Å². The molecule has 0 aromatic carbocycles. The zero-order chi connectivity index (χ0) is 12.5. The second-order valence-electron chi connectivity index (χ2n) is 4.57. The van der Waals surface area contributed by atoms with Gasteiger partial charge in [-0.05, 0) is 39.0 Å². The van der Waals surface area contributed by atoms with Crippen LogP contribution in [0.25, 0.3) is 0 Å². The Bertz CT molecular complexity index is 217. The SMILES string of the molecule is CCN(CC1CCCCO1)C(=O)CCCCCl. The summed E-state index contributed by atoms with van der Waals surface area (Å²) in [6.45, 7) is 4.42. The van der Waals surface area contributed by atoms with Crippen molar-refractivity contribution in [3.63, 3.8) is 0 Å². The Kier molecular flexibility index (Phi) is 7.62. The summed E-state index contributed by atoms with van der Waals surface area (Å²) in [6, 6.07) is 0. The number of unbranched alkanes of at least 4 members (excludes halogenated alkanes) is 1. The van der Waals surface area contributed by atoms with Gasteiger partial charge in [0, 0.05) is 32.0 Å². The van der Waals surface area contributed by atoms with Gasteiger partial charge in [-0.15, -0.1) is 11.6 Å². The van der Waals surface area contributed by atoms with Crippen molar-refractivity contribution in [1.82, 2.24) is 4.90 Å². The molecule has 0 spiro atoms. The van der Waals surface area contributed by atoms with Crippen LogP contribution >= 0.6 is 11.6 Å². The van der Waals surface area contributed by atoms with Crippen LogP contribution in [-0.2, 0) is 9.53 Å². The summed E-state index contributed by atoms with van der Waals surface area (Å²) < 4.78 is 5.67. The molecule has 1 heterocycles. The second kappa shape index (κ2) is 8.76. The number of rotatable bonds is 7. The molecule has 0 bridgehead atoms. The zero-order valence-electron chi connectivity index (χ0n) is 10.8. The minimum atomic E-state index is 0.242. The Hall–Kier alpha value is -0.280. The molecule has 17 heavy (non-hydrogen) atoms. The fourth-order valence-corrected chi connectivity index (χ4v) is 2.32. The van der Waals surface area contributed by atoms with Gasteiger partial charge in [0.25, 0.3) is 0 Å². The molecule has 100 valence electrons. The molecule has 1 saturated heterocycles. The number of nitrogens with zero attached hydrogens (tertiary/aromatic N) is 1. The van der Waals surface area contributed by atoms with Crippen LogP contribution in [0.1, 0.15) is 45.4 Å². The monoisotopic (exact) mass is 261 g/mol. The van der Waals surface area contributed by atoms with Gasteiger partial charge in [-0.3, -0.25) is 4.79 Å². The normalized spacial score (nSPS) is 20.2. The molecule has 1 unspecified atom stereocenters. The van der Waals surface area contributed by atoms with E-state index in [0.29, 0.717) is 12.3 Å². The largest absolute Gasteiger partial charge is 0.376 e. The number of carbonyl (C=O) groups excluding carboxylic acids is 1.